The third kappa shape index (κ3) is 4.53. The summed E-state index contributed by atoms with van der Waals surface area (Å²) in [6.45, 7) is 1.93. The average Bonchev–Trinajstić information content (AvgIpc) is 2.41. The second kappa shape index (κ2) is 6.22. The van der Waals surface area contributed by atoms with Crippen LogP contribution in [0, 0.1) is 6.92 Å². The summed E-state index contributed by atoms with van der Waals surface area (Å²) in [6, 6.07) is 11.8. The van der Waals surface area contributed by atoms with Gasteiger partial charge in [-0.05, 0) is 49.0 Å². The van der Waals surface area contributed by atoms with Crippen LogP contribution >= 0.6 is 11.8 Å². The number of alkyl halides is 3. The van der Waals surface area contributed by atoms with Crippen molar-refractivity contribution in [3.05, 3.63) is 59.7 Å². The van der Waals surface area contributed by atoms with Crippen LogP contribution in [0.5, 0.6) is 0 Å². The summed E-state index contributed by atoms with van der Waals surface area (Å²) in [5.41, 5.74) is 0.396. The lowest BCUT2D eigenvalue weighted by Gasteiger charge is -2.09. The van der Waals surface area contributed by atoms with E-state index in [0.29, 0.717) is 0 Å². The Morgan fingerprint density at radius 1 is 1.10 bits per heavy atom. The van der Waals surface area contributed by atoms with Gasteiger partial charge < -0.3 is 5.32 Å². The average molecular weight is 311 g/mol. The van der Waals surface area contributed by atoms with Gasteiger partial charge in [0.25, 0.3) is 5.24 Å². The summed E-state index contributed by atoms with van der Waals surface area (Å²) in [5, 5.41) is 2.01. The first kappa shape index (κ1) is 15.4. The fourth-order valence-corrected chi connectivity index (χ4v) is 2.29. The van der Waals surface area contributed by atoms with Crippen molar-refractivity contribution in [1.29, 1.82) is 0 Å². The van der Waals surface area contributed by atoms with Gasteiger partial charge in [-0.3, -0.25) is 4.79 Å². The van der Waals surface area contributed by atoms with Gasteiger partial charge in [0, 0.05) is 10.6 Å². The van der Waals surface area contributed by atoms with Crippen molar-refractivity contribution in [2.24, 2.45) is 0 Å². The van der Waals surface area contributed by atoms with Gasteiger partial charge in [-0.2, -0.15) is 13.2 Å². The summed E-state index contributed by atoms with van der Waals surface area (Å²) in [6.07, 6.45) is -4.43. The van der Waals surface area contributed by atoms with Gasteiger partial charge in [0.05, 0.1) is 5.56 Å². The van der Waals surface area contributed by atoms with Crippen LogP contribution in [0.3, 0.4) is 0 Å². The van der Waals surface area contributed by atoms with Crippen molar-refractivity contribution in [2.45, 2.75) is 18.0 Å². The smallest absolute Gasteiger partial charge is 0.317 e. The monoisotopic (exact) mass is 311 g/mol. The molecule has 1 amide bonds. The highest BCUT2D eigenvalue weighted by Gasteiger charge is 2.30. The number of anilines is 1. The fourth-order valence-electron chi connectivity index (χ4n) is 1.63. The number of nitrogens with one attached hydrogen (secondary N) is 1. The molecule has 0 spiro atoms. The molecule has 0 heterocycles. The van der Waals surface area contributed by atoms with E-state index in [-0.39, 0.29) is 5.69 Å². The minimum Gasteiger partial charge on any atom is -0.317 e. The number of carbonyl (C=O) groups is 1. The molecule has 2 nitrogen and oxygen atoms in total. The number of carbonyl (C=O) groups excluding carboxylic acids is 1. The highest BCUT2D eigenvalue weighted by molar-refractivity contribution is 8.13. The molecule has 2 aromatic carbocycles. The minimum atomic E-state index is -4.43. The zero-order valence-corrected chi connectivity index (χ0v) is 11.9. The van der Waals surface area contributed by atoms with Crippen molar-refractivity contribution >= 4 is 22.7 Å². The van der Waals surface area contributed by atoms with Crippen LogP contribution in [0.15, 0.2) is 53.4 Å². The molecule has 2 rings (SSSR count). The number of hydrogen-bond donors (Lipinski definition) is 1. The minimum absolute atomic E-state index is 0.120. The van der Waals surface area contributed by atoms with Gasteiger partial charge in [-0.15, -0.1) is 0 Å². The molecule has 0 aliphatic rings. The Morgan fingerprint density at radius 3 is 2.38 bits per heavy atom. The van der Waals surface area contributed by atoms with Gasteiger partial charge in [0.15, 0.2) is 0 Å². The lowest BCUT2D eigenvalue weighted by atomic mass is 10.2. The van der Waals surface area contributed by atoms with Crippen LogP contribution in [-0.2, 0) is 6.18 Å². The molecule has 0 unspecified atom stereocenters. The van der Waals surface area contributed by atoms with Crippen molar-refractivity contribution in [3.63, 3.8) is 0 Å². The van der Waals surface area contributed by atoms with Crippen LogP contribution < -0.4 is 5.32 Å². The highest BCUT2D eigenvalue weighted by Crippen LogP contribution is 2.31. The zero-order valence-electron chi connectivity index (χ0n) is 11.1. The number of benzene rings is 2. The first-order chi connectivity index (χ1) is 9.84. The predicted octanol–water partition coefficient (Wildman–Crippen LogP) is 5.34. The molecule has 0 saturated heterocycles. The van der Waals surface area contributed by atoms with E-state index in [1.54, 1.807) is 12.1 Å². The largest absolute Gasteiger partial charge is 0.416 e. The molecule has 0 aliphatic heterocycles. The maximum absolute atomic E-state index is 12.6. The first-order valence-corrected chi connectivity index (χ1v) is 6.89. The third-order valence-electron chi connectivity index (χ3n) is 2.67. The van der Waals surface area contributed by atoms with E-state index >= 15 is 0 Å². The maximum atomic E-state index is 12.6. The summed E-state index contributed by atoms with van der Waals surface area (Å²) in [7, 11) is 0. The molecule has 0 aromatic heterocycles. The Morgan fingerprint density at radius 2 is 1.76 bits per heavy atom. The van der Waals surface area contributed by atoms with Crippen LogP contribution in [0.1, 0.15) is 11.1 Å². The number of hydrogen-bond acceptors (Lipinski definition) is 2. The third-order valence-corrected chi connectivity index (χ3v) is 3.46. The quantitative estimate of drug-likeness (QED) is 0.759. The van der Waals surface area contributed by atoms with Crippen LogP contribution in [0.25, 0.3) is 0 Å². The second-order valence-electron chi connectivity index (χ2n) is 4.41. The Bertz CT molecular complexity index is 638. The summed E-state index contributed by atoms with van der Waals surface area (Å²) >= 11 is 0.929. The molecule has 1 N–H and O–H groups in total. The summed E-state index contributed by atoms with van der Waals surface area (Å²) in [5.74, 6) is 0. The van der Waals surface area contributed by atoms with E-state index in [9.17, 15) is 18.0 Å². The zero-order chi connectivity index (χ0) is 15.5. The van der Waals surface area contributed by atoms with Gasteiger partial charge in [-0.1, -0.05) is 23.8 Å². The summed E-state index contributed by atoms with van der Waals surface area (Å²) in [4.78, 5) is 12.5. The van der Waals surface area contributed by atoms with Gasteiger partial charge in [-0.25, -0.2) is 0 Å². The van der Waals surface area contributed by atoms with E-state index in [2.05, 4.69) is 5.32 Å². The molecule has 6 heteroatoms. The predicted molar refractivity (Wildman–Crippen MR) is 77.5 cm³/mol. The molecule has 0 radical (unpaired) electrons. The van der Waals surface area contributed by atoms with E-state index < -0.39 is 17.0 Å². The molecule has 110 valence electrons. The Hall–Kier alpha value is -1.95. The van der Waals surface area contributed by atoms with Crippen molar-refractivity contribution in [1.82, 2.24) is 0 Å². The lowest BCUT2D eigenvalue weighted by molar-refractivity contribution is -0.137. The Balaban J connectivity index is 2.04. The molecule has 2 aromatic rings. The van der Waals surface area contributed by atoms with E-state index in [1.165, 1.54) is 12.1 Å². The fraction of sp³-hybridized carbons (Fsp3) is 0.133. The molecule has 0 aliphatic carbocycles. The standard InChI is InChI=1S/C15H12F3NOS/c1-10-5-7-13(8-6-10)21-14(20)19-12-4-2-3-11(9-12)15(16,17)18/h2-9H,1H3,(H,19,20). The van der Waals surface area contributed by atoms with E-state index in [1.807, 2.05) is 19.1 Å². The van der Waals surface area contributed by atoms with Gasteiger partial charge >= 0.3 is 6.18 Å². The lowest BCUT2D eigenvalue weighted by Crippen LogP contribution is -2.08. The molecule has 0 saturated carbocycles. The SMILES string of the molecule is Cc1ccc(SC(=O)Nc2cccc(C(F)(F)F)c2)cc1. The summed E-state index contributed by atoms with van der Waals surface area (Å²) < 4.78 is 37.7. The number of aryl methyl sites for hydroxylation is 1. The molecular formula is C15H12F3NOS. The number of halogens is 3. The molecular weight excluding hydrogens is 299 g/mol. The number of rotatable bonds is 2. The number of amides is 1. The molecule has 0 atom stereocenters. The van der Waals surface area contributed by atoms with E-state index in [4.69, 9.17) is 0 Å². The highest BCUT2D eigenvalue weighted by atomic mass is 32.2. The van der Waals surface area contributed by atoms with E-state index in [0.717, 1.165) is 34.4 Å². The molecule has 21 heavy (non-hydrogen) atoms. The van der Waals surface area contributed by atoms with Gasteiger partial charge in [0.1, 0.15) is 0 Å². The van der Waals surface area contributed by atoms with Crippen LogP contribution in [0.4, 0.5) is 23.7 Å². The topological polar surface area (TPSA) is 29.1 Å². The second-order valence-corrected chi connectivity index (χ2v) is 5.45. The molecule has 0 fully saturated rings. The van der Waals surface area contributed by atoms with Crippen molar-refractivity contribution in [2.75, 3.05) is 5.32 Å². The van der Waals surface area contributed by atoms with Gasteiger partial charge in [0.2, 0.25) is 0 Å². The first-order valence-electron chi connectivity index (χ1n) is 6.07. The van der Waals surface area contributed by atoms with Crippen molar-refractivity contribution in [3.8, 4) is 0 Å². The van der Waals surface area contributed by atoms with Crippen LogP contribution in [0.2, 0.25) is 0 Å². The van der Waals surface area contributed by atoms with Crippen molar-refractivity contribution < 1.29 is 18.0 Å². The molecule has 0 bridgehead atoms. The Kier molecular flexibility index (Phi) is 4.57. The maximum Gasteiger partial charge on any atom is 0.416 e. The number of thioether (sulfide) groups is 1. The van der Waals surface area contributed by atoms with Crippen LogP contribution in [-0.4, -0.2) is 5.24 Å². The Labute approximate surface area is 124 Å². The normalized spacial score (nSPS) is 11.2.